The highest BCUT2D eigenvalue weighted by Gasteiger charge is 2.03. The highest BCUT2D eigenvalue weighted by atomic mass is 14.8. The SMILES string of the molecule is Cc1ccc2[nH]c3ccccc3c2n1. The number of hydrogen-bond acceptors (Lipinski definition) is 1. The van der Waals surface area contributed by atoms with E-state index in [1.165, 1.54) is 5.39 Å². The second-order valence-corrected chi connectivity index (χ2v) is 3.52. The van der Waals surface area contributed by atoms with Crippen molar-refractivity contribution >= 4 is 21.9 Å². The zero-order chi connectivity index (χ0) is 9.54. The van der Waals surface area contributed by atoms with E-state index in [1.54, 1.807) is 0 Å². The van der Waals surface area contributed by atoms with Gasteiger partial charge in [0.25, 0.3) is 0 Å². The maximum Gasteiger partial charge on any atom is 0.0960 e. The molecule has 0 bridgehead atoms. The molecule has 0 radical (unpaired) electrons. The quantitative estimate of drug-likeness (QED) is 0.568. The van der Waals surface area contributed by atoms with Crippen molar-refractivity contribution in [3.63, 3.8) is 0 Å². The molecular formula is C12H10N2. The van der Waals surface area contributed by atoms with Crippen molar-refractivity contribution < 1.29 is 0 Å². The fourth-order valence-electron chi connectivity index (χ4n) is 1.81. The Labute approximate surface area is 81.6 Å². The minimum absolute atomic E-state index is 1.06. The molecule has 0 saturated carbocycles. The average molecular weight is 182 g/mol. The van der Waals surface area contributed by atoms with Gasteiger partial charge in [-0.2, -0.15) is 0 Å². The molecule has 2 heteroatoms. The van der Waals surface area contributed by atoms with Crippen LogP contribution in [0.1, 0.15) is 5.69 Å². The van der Waals surface area contributed by atoms with Crippen molar-refractivity contribution in [2.45, 2.75) is 6.92 Å². The first-order valence-corrected chi connectivity index (χ1v) is 4.69. The summed E-state index contributed by atoms with van der Waals surface area (Å²) in [7, 11) is 0. The molecule has 0 amide bonds. The Morgan fingerprint density at radius 2 is 1.86 bits per heavy atom. The molecule has 0 saturated heterocycles. The van der Waals surface area contributed by atoms with Crippen molar-refractivity contribution in [3.05, 3.63) is 42.1 Å². The monoisotopic (exact) mass is 182 g/mol. The minimum Gasteiger partial charge on any atom is -0.353 e. The first-order chi connectivity index (χ1) is 6.84. The number of nitrogens with one attached hydrogen (secondary N) is 1. The Morgan fingerprint density at radius 3 is 2.79 bits per heavy atom. The normalized spacial score (nSPS) is 11.2. The zero-order valence-corrected chi connectivity index (χ0v) is 7.91. The van der Waals surface area contributed by atoms with Crippen LogP contribution in [-0.2, 0) is 0 Å². The number of aromatic amines is 1. The van der Waals surface area contributed by atoms with Crippen molar-refractivity contribution in [2.75, 3.05) is 0 Å². The number of nitrogens with zero attached hydrogens (tertiary/aromatic N) is 1. The van der Waals surface area contributed by atoms with Gasteiger partial charge in [0.15, 0.2) is 0 Å². The highest BCUT2D eigenvalue weighted by Crippen LogP contribution is 2.23. The third kappa shape index (κ3) is 0.940. The van der Waals surface area contributed by atoms with Gasteiger partial charge in [-0.3, -0.25) is 4.98 Å². The lowest BCUT2D eigenvalue weighted by molar-refractivity contribution is 1.26. The fourth-order valence-corrected chi connectivity index (χ4v) is 1.81. The summed E-state index contributed by atoms with van der Waals surface area (Å²) in [6.45, 7) is 2.02. The Hall–Kier alpha value is -1.83. The predicted molar refractivity (Wildman–Crippen MR) is 58.3 cm³/mol. The first-order valence-electron chi connectivity index (χ1n) is 4.69. The van der Waals surface area contributed by atoms with Crippen LogP contribution in [-0.4, -0.2) is 9.97 Å². The van der Waals surface area contributed by atoms with E-state index in [9.17, 15) is 0 Å². The summed E-state index contributed by atoms with van der Waals surface area (Å²) in [5.74, 6) is 0. The standard InChI is InChI=1S/C12H10N2/c1-8-6-7-11-12(13-8)9-4-2-3-5-10(9)14-11/h2-7,14H,1H3. The fraction of sp³-hybridized carbons (Fsp3) is 0.0833. The lowest BCUT2D eigenvalue weighted by atomic mass is 10.2. The number of fused-ring (bicyclic) bond motifs is 3. The second kappa shape index (κ2) is 2.58. The Balaban J connectivity index is 2.58. The smallest absolute Gasteiger partial charge is 0.0960 e. The van der Waals surface area contributed by atoms with Crippen molar-refractivity contribution in [1.29, 1.82) is 0 Å². The lowest BCUT2D eigenvalue weighted by Gasteiger charge is -1.91. The summed E-state index contributed by atoms with van der Waals surface area (Å²) >= 11 is 0. The van der Waals surface area contributed by atoms with Gasteiger partial charge in [0.05, 0.1) is 11.0 Å². The van der Waals surface area contributed by atoms with Crippen LogP contribution in [0.4, 0.5) is 0 Å². The molecule has 2 aromatic heterocycles. The molecule has 3 rings (SSSR count). The van der Waals surface area contributed by atoms with E-state index < -0.39 is 0 Å². The van der Waals surface area contributed by atoms with E-state index in [0.29, 0.717) is 0 Å². The third-order valence-electron chi connectivity index (χ3n) is 2.49. The van der Waals surface area contributed by atoms with Crippen LogP contribution in [0.5, 0.6) is 0 Å². The van der Waals surface area contributed by atoms with Gasteiger partial charge in [-0.25, -0.2) is 0 Å². The van der Waals surface area contributed by atoms with Crippen LogP contribution in [0.15, 0.2) is 36.4 Å². The highest BCUT2D eigenvalue weighted by molar-refractivity contribution is 6.04. The predicted octanol–water partition coefficient (Wildman–Crippen LogP) is 3.02. The van der Waals surface area contributed by atoms with E-state index in [1.807, 2.05) is 25.1 Å². The average Bonchev–Trinajstić information content (AvgIpc) is 2.56. The molecule has 1 N–H and O–H groups in total. The number of aryl methyl sites for hydroxylation is 1. The molecule has 0 unspecified atom stereocenters. The molecular weight excluding hydrogens is 172 g/mol. The molecule has 14 heavy (non-hydrogen) atoms. The van der Waals surface area contributed by atoms with Crippen LogP contribution in [0.3, 0.4) is 0 Å². The largest absolute Gasteiger partial charge is 0.353 e. The molecule has 3 aromatic rings. The number of benzene rings is 1. The molecule has 0 aliphatic carbocycles. The molecule has 1 aromatic carbocycles. The molecule has 68 valence electrons. The number of rotatable bonds is 0. The number of aromatic nitrogens is 2. The van der Waals surface area contributed by atoms with E-state index in [2.05, 4.69) is 28.2 Å². The van der Waals surface area contributed by atoms with Gasteiger partial charge < -0.3 is 4.98 Å². The lowest BCUT2D eigenvalue weighted by Crippen LogP contribution is -1.79. The van der Waals surface area contributed by atoms with Crippen LogP contribution in [0.2, 0.25) is 0 Å². The van der Waals surface area contributed by atoms with E-state index in [0.717, 1.165) is 22.2 Å². The number of para-hydroxylation sites is 1. The Bertz CT molecular complexity index is 608. The topological polar surface area (TPSA) is 28.7 Å². The Morgan fingerprint density at radius 1 is 1.00 bits per heavy atom. The zero-order valence-electron chi connectivity index (χ0n) is 7.91. The summed E-state index contributed by atoms with van der Waals surface area (Å²) < 4.78 is 0. The summed E-state index contributed by atoms with van der Waals surface area (Å²) in [5, 5.41) is 1.20. The number of hydrogen-bond donors (Lipinski definition) is 1. The van der Waals surface area contributed by atoms with Crippen LogP contribution in [0, 0.1) is 6.92 Å². The molecule has 0 spiro atoms. The van der Waals surface area contributed by atoms with E-state index in [-0.39, 0.29) is 0 Å². The summed E-state index contributed by atoms with van der Waals surface area (Å²) in [6, 6.07) is 12.4. The minimum atomic E-state index is 1.06. The van der Waals surface area contributed by atoms with Crippen LogP contribution in [0.25, 0.3) is 21.9 Å². The summed E-state index contributed by atoms with van der Waals surface area (Å²) in [6.07, 6.45) is 0. The van der Waals surface area contributed by atoms with Crippen LogP contribution >= 0.6 is 0 Å². The van der Waals surface area contributed by atoms with Crippen molar-refractivity contribution in [2.24, 2.45) is 0 Å². The molecule has 0 aliphatic heterocycles. The van der Waals surface area contributed by atoms with Gasteiger partial charge >= 0.3 is 0 Å². The van der Waals surface area contributed by atoms with Gasteiger partial charge in [0, 0.05) is 16.6 Å². The number of H-pyrrole nitrogens is 1. The van der Waals surface area contributed by atoms with Crippen molar-refractivity contribution in [3.8, 4) is 0 Å². The first kappa shape index (κ1) is 7.56. The van der Waals surface area contributed by atoms with Gasteiger partial charge in [0.1, 0.15) is 0 Å². The number of pyridine rings is 1. The molecule has 0 atom stereocenters. The van der Waals surface area contributed by atoms with Gasteiger partial charge in [0.2, 0.25) is 0 Å². The molecule has 2 heterocycles. The van der Waals surface area contributed by atoms with Gasteiger partial charge in [-0.05, 0) is 25.1 Å². The molecule has 0 fully saturated rings. The van der Waals surface area contributed by atoms with Gasteiger partial charge in [-0.1, -0.05) is 18.2 Å². The van der Waals surface area contributed by atoms with E-state index in [4.69, 9.17) is 0 Å². The third-order valence-corrected chi connectivity index (χ3v) is 2.49. The summed E-state index contributed by atoms with van der Waals surface area (Å²) in [4.78, 5) is 7.88. The van der Waals surface area contributed by atoms with Crippen molar-refractivity contribution in [1.82, 2.24) is 9.97 Å². The maximum atomic E-state index is 4.53. The van der Waals surface area contributed by atoms with Gasteiger partial charge in [-0.15, -0.1) is 0 Å². The molecule has 2 nitrogen and oxygen atoms in total. The molecule has 0 aliphatic rings. The maximum absolute atomic E-state index is 4.53. The van der Waals surface area contributed by atoms with E-state index >= 15 is 0 Å². The second-order valence-electron chi connectivity index (χ2n) is 3.52. The van der Waals surface area contributed by atoms with Crippen LogP contribution < -0.4 is 0 Å². The summed E-state index contributed by atoms with van der Waals surface area (Å²) in [5.41, 5.74) is 4.39. The Kier molecular flexibility index (Phi) is 1.39.